The first-order valence-electron chi connectivity index (χ1n) is 20.7. The monoisotopic (exact) mass is 813 g/mol. The van der Waals surface area contributed by atoms with Crippen LogP contribution in [0.4, 0.5) is 0 Å². The fourth-order valence-electron chi connectivity index (χ4n) is 6.09. The van der Waals surface area contributed by atoms with Crippen molar-refractivity contribution in [1.29, 1.82) is 0 Å². The molecule has 1 rings (SSSR count). The molecule has 58 heavy (non-hydrogen) atoms. The van der Waals surface area contributed by atoms with Crippen molar-refractivity contribution in [3.8, 4) is 0 Å². The Balaban J connectivity index is 0.0000160. The van der Waals surface area contributed by atoms with Crippen LogP contribution in [0, 0.1) is 17.8 Å². The third-order valence-electron chi connectivity index (χ3n) is 9.58. The lowest BCUT2D eigenvalue weighted by molar-refractivity contribution is -0.310. The Bertz CT molecular complexity index is 1410. The lowest BCUT2D eigenvalue weighted by Gasteiger charge is -2.41. The summed E-state index contributed by atoms with van der Waals surface area (Å²) in [6, 6.07) is 0. The minimum atomic E-state index is -1.53. The van der Waals surface area contributed by atoms with Crippen LogP contribution in [-0.2, 0) is 19.1 Å². The molecule has 1 fully saturated rings. The topological polar surface area (TPSA) is 178 Å². The number of unbranched alkanes of at least 4 members (excludes halogenated alkanes) is 2. The molecule has 0 bridgehead atoms. The molecule has 1 aliphatic heterocycles. The number of nitrogens with one attached hydrogen (secondary N) is 2. The minimum absolute atomic E-state index is 0.164. The summed E-state index contributed by atoms with van der Waals surface area (Å²) in [6.07, 6.45) is 28.3. The van der Waals surface area contributed by atoms with Crippen LogP contribution in [0.1, 0.15) is 99.8 Å². The molecular weight excluding hydrogens is 737 g/mol. The lowest BCUT2D eigenvalue weighted by Crippen LogP contribution is -2.60. The van der Waals surface area contributed by atoms with E-state index in [0.29, 0.717) is 23.6 Å². The van der Waals surface area contributed by atoms with Crippen LogP contribution >= 0.6 is 0 Å². The Hall–Kier alpha value is -3.68. The van der Waals surface area contributed by atoms with Crippen LogP contribution < -0.4 is 10.6 Å². The standard InChI is InChI=1S/C46H74N2O8.CH2O/c1-9-24-39(50)38(7)48-45(54)36(5)29-22-14-12-10-11-13-21-28-35(4)44(56-46-43(53)42(52)41(51)40(32-49)55-46)37(6)31-34(3)27-20-17-19-26-33(2)25-18-15-16-23-30-47-8;1-2/h10-15,18-19,21-22,26,28-29,31,33-35,40-44,46-47,49-53H,9,16-17,20,23-25,27,30,32H2,1-8H3,(H,48,54);1H2/b12-10+,13-11+,18-15+,22-14+,26-19+,28-21+,36-29+,37-31+,39-38-;. The molecule has 0 aromatic rings. The largest absolute Gasteiger partial charge is 0.511 e. The van der Waals surface area contributed by atoms with Crippen LogP contribution in [0.2, 0.25) is 0 Å². The molecule has 11 heteroatoms. The summed E-state index contributed by atoms with van der Waals surface area (Å²) < 4.78 is 12.0. The molecule has 1 saturated heterocycles. The summed E-state index contributed by atoms with van der Waals surface area (Å²) in [5.74, 6) is 0.527. The highest BCUT2D eigenvalue weighted by Crippen LogP contribution is 2.28. The van der Waals surface area contributed by atoms with Crippen molar-refractivity contribution in [2.75, 3.05) is 20.2 Å². The second-order valence-corrected chi connectivity index (χ2v) is 15.0. The smallest absolute Gasteiger partial charge is 0.251 e. The SMILES string of the molecule is C=O.CCC/C(O)=C(\C)NC(=O)/C(C)=C/C=C/C=C/C=C/C=C/C(C)C(OC1OC(CO)C(O)C(O)C1O)/C(C)=C/C(C)CCC/C=C/C(C)C/C=C/CCCNC. The van der Waals surface area contributed by atoms with Crippen molar-refractivity contribution in [2.45, 2.75) is 137 Å². The number of rotatable bonds is 26. The van der Waals surface area contributed by atoms with E-state index in [4.69, 9.17) is 14.3 Å². The van der Waals surface area contributed by atoms with Gasteiger partial charge in [-0.1, -0.05) is 113 Å². The molecule has 7 N–H and O–H groups in total. The van der Waals surface area contributed by atoms with E-state index in [1.54, 1.807) is 26.0 Å². The van der Waals surface area contributed by atoms with E-state index in [0.717, 1.165) is 57.1 Å². The van der Waals surface area contributed by atoms with Gasteiger partial charge in [-0.15, -0.1) is 0 Å². The number of carbonyl (C=O) groups is 2. The summed E-state index contributed by atoms with van der Waals surface area (Å²) in [5.41, 5.74) is 1.92. The molecule has 0 aromatic heterocycles. The van der Waals surface area contributed by atoms with Gasteiger partial charge in [-0.25, -0.2) is 0 Å². The zero-order valence-electron chi connectivity index (χ0n) is 36.4. The molecule has 0 aromatic carbocycles. The summed E-state index contributed by atoms with van der Waals surface area (Å²) in [4.78, 5) is 20.4. The van der Waals surface area contributed by atoms with E-state index in [-0.39, 0.29) is 23.5 Å². The van der Waals surface area contributed by atoms with Gasteiger partial charge in [0.1, 0.15) is 37.0 Å². The Morgan fingerprint density at radius 2 is 1.48 bits per heavy atom. The first-order chi connectivity index (χ1) is 27.8. The van der Waals surface area contributed by atoms with E-state index < -0.39 is 43.4 Å². The predicted molar refractivity (Wildman–Crippen MR) is 236 cm³/mol. The second-order valence-electron chi connectivity index (χ2n) is 15.0. The molecule has 0 radical (unpaired) electrons. The summed E-state index contributed by atoms with van der Waals surface area (Å²) in [5, 5.41) is 57.0. The predicted octanol–water partition coefficient (Wildman–Crippen LogP) is 7.39. The molecule has 1 aliphatic rings. The highest BCUT2D eigenvalue weighted by molar-refractivity contribution is 5.94. The van der Waals surface area contributed by atoms with Crippen molar-refractivity contribution >= 4 is 12.7 Å². The van der Waals surface area contributed by atoms with Gasteiger partial charge in [0.15, 0.2) is 6.29 Å². The Morgan fingerprint density at radius 1 is 0.845 bits per heavy atom. The van der Waals surface area contributed by atoms with Gasteiger partial charge in [0.25, 0.3) is 5.91 Å². The fourth-order valence-corrected chi connectivity index (χ4v) is 6.09. The maximum absolute atomic E-state index is 12.4. The highest BCUT2D eigenvalue weighted by Gasteiger charge is 2.45. The van der Waals surface area contributed by atoms with Gasteiger partial charge in [-0.05, 0) is 96.7 Å². The van der Waals surface area contributed by atoms with Crippen LogP contribution in [0.25, 0.3) is 0 Å². The third kappa shape index (κ3) is 23.0. The first kappa shape index (κ1) is 54.3. The number of allylic oxidation sites excluding steroid dienone is 15. The van der Waals surface area contributed by atoms with Crippen molar-refractivity contribution in [1.82, 2.24) is 10.6 Å². The maximum Gasteiger partial charge on any atom is 0.251 e. The minimum Gasteiger partial charge on any atom is -0.511 e. The Morgan fingerprint density at radius 3 is 2.12 bits per heavy atom. The third-order valence-corrected chi connectivity index (χ3v) is 9.58. The number of aliphatic hydroxyl groups is 5. The van der Waals surface area contributed by atoms with Crippen LogP contribution in [0.15, 0.2) is 108 Å². The normalized spacial score (nSPS) is 23.5. The molecule has 9 unspecified atom stereocenters. The average molecular weight is 813 g/mol. The number of amides is 1. The van der Waals surface area contributed by atoms with Gasteiger partial charge < -0.3 is 50.4 Å². The van der Waals surface area contributed by atoms with Gasteiger partial charge in [-0.3, -0.25) is 4.79 Å². The molecule has 0 aliphatic carbocycles. The highest BCUT2D eigenvalue weighted by atomic mass is 16.7. The quantitative estimate of drug-likeness (QED) is 0.0153. The van der Waals surface area contributed by atoms with Gasteiger partial charge in [0.05, 0.1) is 18.4 Å². The molecule has 0 spiro atoms. The van der Waals surface area contributed by atoms with E-state index >= 15 is 0 Å². The summed E-state index contributed by atoms with van der Waals surface area (Å²) in [7, 11) is 1.98. The molecule has 9 atom stereocenters. The van der Waals surface area contributed by atoms with Gasteiger partial charge in [-0.2, -0.15) is 0 Å². The van der Waals surface area contributed by atoms with Gasteiger partial charge in [0.2, 0.25) is 0 Å². The summed E-state index contributed by atoms with van der Waals surface area (Å²) >= 11 is 0. The van der Waals surface area contributed by atoms with Crippen LogP contribution in [-0.4, -0.2) is 95.2 Å². The molecule has 0 saturated carbocycles. The van der Waals surface area contributed by atoms with Crippen molar-refractivity contribution in [3.63, 3.8) is 0 Å². The maximum atomic E-state index is 12.4. The molecular formula is C47H76N2O9. The Labute approximate surface area is 349 Å². The summed E-state index contributed by atoms with van der Waals surface area (Å²) in [6.45, 7) is 16.3. The fraction of sp³-hybridized carbons (Fsp3) is 0.574. The number of ether oxygens (including phenoxy) is 2. The lowest BCUT2D eigenvalue weighted by atomic mass is 9.92. The van der Waals surface area contributed by atoms with E-state index in [2.05, 4.69) is 54.9 Å². The Kier molecular flexibility index (Phi) is 31.1. The molecule has 1 heterocycles. The van der Waals surface area contributed by atoms with Gasteiger partial charge >= 0.3 is 0 Å². The van der Waals surface area contributed by atoms with E-state index in [9.17, 15) is 30.3 Å². The number of hydrogen-bond acceptors (Lipinski definition) is 10. The number of hydrogen-bond donors (Lipinski definition) is 7. The van der Waals surface area contributed by atoms with Crippen LogP contribution in [0.3, 0.4) is 0 Å². The zero-order chi connectivity index (χ0) is 43.9. The first-order valence-corrected chi connectivity index (χ1v) is 20.7. The van der Waals surface area contributed by atoms with Crippen LogP contribution in [0.5, 0.6) is 0 Å². The van der Waals surface area contributed by atoms with Crippen molar-refractivity contribution in [3.05, 3.63) is 108 Å². The zero-order valence-corrected chi connectivity index (χ0v) is 36.4. The molecule has 1 amide bonds. The van der Waals surface area contributed by atoms with Crippen molar-refractivity contribution in [2.24, 2.45) is 17.8 Å². The molecule has 11 nitrogen and oxygen atoms in total. The number of aliphatic hydroxyl groups excluding tert-OH is 5. The second kappa shape index (κ2) is 33.2. The molecule has 328 valence electrons. The van der Waals surface area contributed by atoms with E-state index in [1.165, 1.54) is 0 Å². The number of carbonyl (C=O) groups excluding carboxylic acids is 2. The van der Waals surface area contributed by atoms with E-state index in [1.807, 2.05) is 77.1 Å². The average Bonchev–Trinajstić information content (AvgIpc) is 3.20. The van der Waals surface area contributed by atoms with Crippen molar-refractivity contribution < 1.29 is 44.6 Å². The van der Waals surface area contributed by atoms with Gasteiger partial charge in [0, 0.05) is 17.9 Å².